The highest BCUT2D eigenvalue weighted by Crippen LogP contribution is 2.29. The average Bonchev–Trinajstić information content (AvgIpc) is 3.07. The van der Waals surface area contributed by atoms with E-state index in [9.17, 15) is 13.2 Å². The first-order chi connectivity index (χ1) is 13.3. The summed E-state index contributed by atoms with van der Waals surface area (Å²) in [4.78, 5) is 16.8. The predicted octanol–water partition coefficient (Wildman–Crippen LogP) is 4.23. The van der Waals surface area contributed by atoms with Gasteiger partial charge in [0.25, 0.3) is 0 Å². The zero-order valence-corrected chi connectivity index (χ0v) is 17.6. The minimum absolute atomic E-state index is 0.137. The van der Waals surface area contributed by atoms with Crippen molar-refractivity contribution in [2.75, 3.05) is 18.2 Å². The van der Waals surface area contributed by atoms with Crippen molar-refractivity contribution in [2.24, 2.45) is 0 Å². The van der Waals surface area contributed by atoms with Crippen LogP contribution in [0.1, 0.15) is 31.7 Å². The summed E-state index contributed by atoms with van der Waals surface area (Å²) in [5.41, 5.74) is 2.02. The Kier molecular flexibility index (Phi) is 6.00. The monoisotopic (exact) mass is 418 g/mol. The Morgan fingerprint density at radius 3 is 2.54 bits per heavy atom. The molecule has 28 heavy (non-hydrogen) atoms. The van der Waals surface area contributed by atoms with Crippen molar-refractivity contribution < 1.29 is 17.9 Å². The Bertz CT molecular complexity index is 1090. The second-order valence-electron chi connectivity index (χ2n) is 6.69. The van der Waals surface area contributed by atoms with Gasteiger partial charge in [-0.3, -0.25) is 4.79 Å². The van der Waals surface area contributed by atoms with E-state index in [1.165, 1.54) is 36.1 Å². The van der Waals surface area contributed by atoms with Crippen LogP contribution >= 0.6 is 11.3 Å². The molecule has 0 radical (unpaired) electrons. The van der Waals surface area contributed by atoms with Crippen molar-refractivity contribution in [3.63, 3.8) is 0 Å². The molecule has 6 nitrogen and oxygen atoms in total. The van der Waals surface area contributed by atoms with Gasteiger partial charge in [-0.05, 0) is 47.9 Å². The van der Waals surface area contributed by atoms with Gasteiger partial charge in [0.1, 0.15) is 5.75 Å². The highest BCUT2D eigenvalue weighted by molar-refractivity contribution is 7.91. The van der Waals surface area contributed by atoms with Crippen LogP contribution in [-0.2, 0) is 14.6 Å². The van der Waals surface area contributed by atoms with Gasteiger partial charge in [0, 0.05) is 6.42 Å². The van der Waals surface area contributed by atoms with E-state index in [1.807, 2.05) is 12.1 Å². The maximum absolute atomic E-state index is 12.4. The van der Waals surface area contributed by atoms with Gasteiger partial charge in [-0.15, -0.1) is 0 Å². The highest BCUT2D eigenvalue weighted by Gasteiger charge is 2.17. The van der Waals surface area contributed by atoms with Crippen molar-refractivity contribution in [1.29, 1.82) is 0 Å². The van der Waals surface area contributed by atoms with Gasteiger partial charge in [-0.2, -0.15) is 0 Å². The van der Waals surface area contributed by atoms with Crippen molar-refractivity contribution in [3.8, 4) is 5.75 Å². The molecule has 3 rings (SSSR count). The second-order valence-corrected chi connectivity index (χ2v) is 9.83. The number of anilines is 1. The van der Waals surface area contributed by atoms with E-state index in [4.69, 9.17) is 4.74 Å². The number of hydrogen-bond donors (Lipinski definition) is 1. The number of methoxy groups -OCH3 is 1. The molecular formula is C20H22N2O4S2. The molecule has 1 heterocycles. The number of carbonyl (C=O) groups is 1. The first kappa shape index (κ1) is 20.3. The van der Waals surface area contributed by atoms with Crippen LogP contribution in [0.4, 0.5) is 5.13 Å². The lowest BCUT2D eigenvalue weighted by Gasteiger charge is -2.06. The topological polar surface area (TPSA) is 85.4 Å². The van der Waals surface area contributed by atoms with Gasteiger partial charge in [-0.25, -0.2) is 13.4 Å². The number of amides is 1. The molecule has 0 aliphatic heterocycles. The number of thiazole rings is 1. The highest BCUT2D eigenvalue weighted by atomic mass is 32.2. The Balaban J connectivity index is 1.64. The first-order valence-electron chi connectivity index (χ1n) is 8.85. The van der Waals surface area contributed by atoms with Crippen LogP contribution in [0, 0.1) is 0 Å². The largest absolute Gasteiger partial charge is 0.497 e. The normalized spacial score (nSPS) is 11.7. The molecule has 8 heteroatoms. The molecule has 0 spiro atoms. The lowest BCUT2D eigenvalue weighted by atomic mass is 10.0. The lowest BCUT2D eigenvalue weighted by molar-refractivity contribution is -0.115. The smallest absolute Gasteiger partial charge is 0.227 e. The third-order valence-corrected chi connectivity index (χ3v) is 7.01. The number of ether oxygens (including phenoxy) is 1. The molecule has 2 aromatic carbocycles. The molecular weight excluding hydrogens is 396 g/mol. The number of rotatable bonds is 7. The average molecular weight is 419 g/mol. The molecule has 0 fully saturated rings. The molecule has 1 aromatic heterocycles. The number of hydrogen-bond acceptors (Lipinski definition) is 6. The number of benzene rings is 2. The number of fused-ring (bicyclic) bond motifs is 1. The standard InChI is InChI=1S/C20H22N2O4S2/c1-13(2)14-4-9-17-18(12-14)27-20(21-17)22-19(23)10-11-28(24,25)16-7-5-15(26-3)6-8-16/h4-9,12-13H,10-11H2,1-3H3,(H,21,22,23). The van der Waals surface area contributed by atoms with E-state index in [0.717, 1.165) is 10.2 Å². The number of sulfone groups is 1. The van der Waals surface area contributed by atoms with Crippen LogP contribution in [-0.4, -0.2) is 32.2 Å². The fourth-order valence-electron chi connectivity index (χ4n) is 2.66. The maximum atomic E-state index is 12.4. The SMILES string of the molecule is COc1ccc(S(=O)(=O)CCC(=O)Nc2nc3ccc(C(C)C)cc3s2)cc1. The Morgan fingerprint density at radius 1 is 1.18 bits per heavy atom. The van der Waals surface area contributed by atoms with Crippen molar-refractivity contribution in [3.05, 3.63) is 48.0 Å². The molecule has 0 aliphatic rings. The van der Waals surface area contributed by atoms with Gasteiger partial charge in [0.05, 0.1) is 28.0 Å². The van der Waals surface area contributed by atoms with Crippen molar-refractivity contribution in [2.45, 2.75) is 31.1 Å². The first-order valence-corrected chi connectivity index (χ1v) is 11.3. The third-order valence-electron chi connectivity index (χ3n) is 4.34. The summed E-state index contributed by atoms with van der Waals surface area (Å²) in [5.74, 6) is 0.342. The fourth-order valence-corrected chi connectivity index (χ4v) is 4.83. The van der Waals surface area contributed by atoms with E-state index in [1.54, 1.807) is 12.1 Å². The molecule has 1 N–H and O–H groups in total. The summed E-state index contributed by atoms with van der Waals surface area (Å²) in [6, 6.07) is 12.2. The third kappa shape index (κ3) is 4.69. The number of nitrogens with zero attached hydrogens (tertiary/aromatic N) is 1. The van der Waals surface area contributed by atoms with Crippen LogP contribution in [0.25, 0.3) is 10.2 Å². The predicted molar refractivity (Wildman–Crippen MR) is 112 cm³/mol. The fraction of sp³-hybridized carbons (Fsp3) is 0.300. The van der Waals surface area contributed by atoms with Crippen LogP contribution in [0.2, 0.25) is 0 Å². The molecule has 0 aliphatic carbocycles. The van der Waals surface area contributed by atoms with E-state index >= 15 is 0 Å². The van der Waals surface area contributed by atoms with Crippen LogP contribution in [0.5, 0.6) is 5.75 Å². The summed E-state index contributed by atoms with van der Waals surface area (Å²) in [6.07, 6.45) is -0.137. The van der Waals surface area contributed by atoms with Crippen molar-refractivity contribution in [1.82, 2.24) is 4.98 Å². The van der Waals surface area contributed by atoms with Gasteiger partial charge >= 0.3 is 0 Å². The van der Waals surface area contributed by atoms with Crippen LogP contribution < -0.4 is 10.1 Å². The molecule has 0 saturated heterocycles. The Hall–Kier alpha value is -2.45. The summed E-state index contributed by atoms with van der Waals surface area (Å²) < 4.78 is 30.8. The zero-order valence-electron chi connectivity index (χ0n) is 15.9. The number of carbonyl (C=O) groups excluding carboxylic acids is 1. The summed E-state index contributed by atoms with van der Waals surface area (Å²) in [5, 5.41) is 3.18. The van der Waals surface area contributed by atoms with Gasteiger partial charge in [-0.1, -0.05) is 31.3 Å². The van der Waals surface area contributed by atoms with E-state index in [2.05, 4.69) is 30.2 Å². The maximum Gasteiger partial charge on any atom is 0.227 e. The van der Waals surface area contributed by atoms with Crippen molar-refractivity contribution >= 4 is 42.4 Å². The summed E-state index contributed by atoms with van der Waals surface area (Å²) in [7, 11) is -2.03. The number of nitrogens with one attached hydrogen (secondary N) is 1. The van der Waals surface area contributed by atoms with E-state index < -0.39 is 9.84 Å². The van der Waals surface area contributed by atoms with Gasteiger partial charge in [0.15, 0.2) is 15.0 Å². The minimum Gasteiger partial charge on any atom is -0.497 e. The van der Waals surface area contributed by atoms with Crippen LogP contribution in [0.15, 0.2) is 47.4 Å². The molecule has 0 unspecified atom stereocenters. The quantitative estimate of drug-likeness (QED) is 0.621. The zero-order chi connectivity index (χ0) is 20.3. The van der Waals surface area contributed by atoms with Gasteiger partial charge < -0.3 is 10.1 Å². The molecule has 3 aromatic rings. The van der Waals surface area contributed by atoms with Crippen LogP contribution in [0.3, 0.4) is 0 Å². The Labute approximate surface area is 168 Å². The molecule has 148 valence electrons. The van der Waals surface area contributed by atoms with E-state index in [0.29, 0.717) is 16.8 Å². The lowest BCUT2D eigenvalue weighted by Crippen LogP contribution is -2.17. The second kappa shape index (κ2) is 8.28. The summed E-state index contributed by atoms with van der Waals surface area (Å²) >= 11 is 1.38. The van der Waals surface area contributed by atoms with E-state index in [-0.39, 0.29) is 23.0 Å². The molecule has 1 amide bonds. The van der Waals surface area contributed by atoms with Gasteiger partial charge in [0.2, 0.25) is 5.91 Å². The molecule has 0 bridgehead atoms. The molecule has 0 atom stereocenters. The minimum atomic E-state index is -3.55. The summed E-state index contributed by atoms with van der Waals surface area (Å²) in [6.45, 7) is 4.24. The number of aromatic nitrogens is 1. The Morgan fingerprint density at radius 2 is 1.89 bits per heavy atom. The molecule has 0 saturated carbocycles.